The zero-order valence-electron chi connectivity index (χ0n) is 10.7. The molecule has 4 heteroatoms. The largest absolute Gasteiger partial charge is 0.375 e. The van der Waals surface area contributed by atoms with Gasteiger partial charge in [-0.3, -0.25) is 4.98 Å². The highest BCUT2D eigenvalue weighted by Crippen LogP contribution is 2.16. The van der Waals surface area contributed by atoms with E-state index in [1.54, 1.807) is 6.20 Å². The van der Waals surface area contributed by atoms with Crippen LogP contribution < -0.4 is 5.32 Å². The van der Waals surface area contributed by atoms with Crippen molar-refractivity contribution in [2.45, 2.75) is 13.2 Å². The van der Waals surface area contributed by atoms with Gasteiger partial charge in [0.05, 0.1) is 13.2 Å². The summed E-state index contributed by atoms with van der Waals surface area (Å²) < 4.78 is 6.73. The van der Waals surface area contributed by atoms with Crippen molar-refractivity contribution >= 4 is 15.9 Å². The number of hydrogen-bond acceptors (Lipinski definition) is 3. The Bertz CT molecular complexity index is 491. The zero-order chi connectivity index (χ0) is 13.3. The first-order valence-electron chi connectivity index (χ1n) is 6.27. The smallest absolute Gasteiger partial charge is 0.0728 e. The van der Waals surface area contributed by atoms with E-state index >= 15 is 0 Å². The van der Waals surface area contributed by atoms with Crippen LogP contribution in [0.1, 0.15) is 11.1 Å². The van der Waals surface area contributed by atoms with E-state index in [2.05, 4.69) is 38.4 Å². The van der Waals surface area contributed by atoms with Crippen LogP contribution in [-0.4, -0.2) is 18.1 Å². The molecular formula is C15H17BrN2O. The van der Waals surface area contributed by atoms with Crippen LogP contribution in [0.2, 0.25) is 0 Å². The molecule has 0 fully saturated rings. The molecule has 1 aromatic heterocycles. The first-order chi connectivity index (χ1) is 9.36. The van der Waals surface area contributed by atoms with Gasteiger partial charge in [-0.1, -0.05) is 40.2 Å². The van der Waals surface area contributed by atoms with Gasteiger partial charge in [-0.25, -0.2) is 0 Å². The highest BCUT2D eigenvalue weighted by Gasteiger charge is 1.98. The summed E-state index contributed by atoms with van der Waals surface area (Å²) in [6, 6.07) is 12.1. The summed E-state index contributed by atoms with van der Waals surface area (Å²) in [6.45, 7) is 2.99. The first kappa shape index (κ1) is 14.2. The van der Waals surface area contributed by atoms with Crippen molar-refractivity contribution in [2.24, 2.45) is 0 Å². The van der Waals surface area contributed by atoms with E-state index in [1.807, 2.05) is 30.5 Å². The predicted octanol–water partition coefficient (Wildman–Crippen LogP) is 3.15. The minimum absolute atomic E-state index is 0.635. The van der Waals surface area contributed by atoms with Crippen LogP contribution in [0, 0.1) is 0 Å². The van der Waals surface area contributed by atoms with Crippen molar-refractivity contribution < 1.29 is 4.74 Å². The number of pyridine rings is 1. The van der Waals surface area contributed by atoms with Gasteiger partial charge in [-0.2, -0.15) is 0 Å². The third-order valence-electron chi connectivity index (χ3n) is 2.69. The average molecular weight is 321 g/mol. The Morgan fingerprint density at radius 2 is 2.05 bits per heavy atom. The van der Waals surface area contributed by atoms with Gasteiger partial charge < -0.3 is 10.1 Å². The third kappa shape index (κ3) is 5.11. The standard InChI is InChI=1S/C15H17BrN2O/c16-15-6-2-1-5-14(15)12-19-9-8-18-11-13-4-3-7-17-10-13/h1-7,10,18H,8-9,11-12H2. The number of halogens is 1. The summed E-state index contributed by atoms with van der Waals surface area (Å²) >= 11 is 3.51. The van der Waals surface area contributed by atoms with Gasteiger partial charge in [0, 0.05) is 30.0 Å². The Balaban J connectivity index is 1.59. The minimum atomic E-state index is 0.635. The molecular weight excluding hydrogens is 304 g/mol. The fourth-order valence-electron chi connectivity index (χ4n) is 1.68. The lowest BCUT2D eigenvalue weighted by atomic mass is 10.2. The van der Waals surface area contributed by atoms with Crippen LogP contribution >= 0.6 is 15.9 Å². The van der Waals surface area contributed by atoms with Gasteiger partial charge in [0.15, 0.2) is 0 Å². The van der Waals surface area contributed by atoms with Crippen LogP contribution in [0.15, 0.2) is 53.3 Å². The van der Waals surface area contributed by atoms with Crippen molar-refractivity contribution in [3.8, 4) is 0 Å². The molecule has 19 heavy (non-hydrogen) atoms. The molecule has 0 aliphatic carbocycles. The topological polar surface area (TPSA) is 34.1 Å². The Morgan fingerprint density at radius 3 is 2.84 bits per heavy atom. The second-order valence-electron chi connectivity index (χ2n) is 4.18. The molecule has 1 aromatic carbocycles. The molecule has 0 unspecified atom stereocenters. The zero-order valence-corrected chi connectivity index (χ0v) is 12.3. The van der Waals surface area contributed by atoms with Crippen LogP contribution in [-0.2, 0) is 17.9 Å². The molecule has 0 bridgehead atoms. The molecule has 2 aromatic rings. The van der Waals surface area contributed by atoms with Crippen molar-refractivity contribution in [1.29, 1.82) is 0 Å². The van der Waals surface area contributed by atoms with Gasteiger partial charge in [0.2, 0.25) is 0 Å². The van der Waals surface area contributed by atoms with Crippen molar-refractivity contribution in [1.82, 2.24) is 10.3 Å². The van der Waals surface area contributed by atoms with Crippen LogP contribution in [0.5, 0.6) is 0 Å². The summed E-state index contributed by atoms with van der Waals surface area (Å²) in [5, 5.41) is 3.33. The summed E-state index contributed by atoms with van der Waals surface area (Å²) in [7, 11) is 0. The molecule has 0 saturated carbocycles. The number of rotatable bonds is 7. The fourth-order valence-corrected chi connectivity index (χ4v) is 2.08. The van der Waals surface area contributed by atoms with E-state index in [0.717, 1.165) is 17.6 Å². The monoisotopic (exact) mass is 320 g/mol. The van der Waals surface area contributed by atoms with Crippen molar-refractivity contribution in [2.75, 3.05) is 13.2 Å². The highest BCUT2D eigenvalue weighted by molar-refractivity contribution is 9.10. The summed E-state index contributed by atoms with van der Waals surface area (Å²) in [6.07, 6.45) is 3.65. The average Bonchev–Trinajstić information content (AvgIpc) is 2.45. The number of ether oxygens (including phenoxy) is 1. The summed E-state index contributed by atoms with van der Waals surface area (Å²) in [5.41, 5.74) is 2.36. The Morgan fingerprint density at radius 1 is 1.16 bits per heavy atom. The van der Waals surface area contributed by atoms with E-state index in [9.17, 15) is 0 Å². The van der Waals surface area contributed by atoms with E-state index in [4.69, 9.17) is 4.74 Å². The molecule has 0 aliphatic rings. The van der Waals surface area contributed by atoms with E-state index < -0.39 is 0 Å². The summed E-state index contributed by atoms with van der Waals surface area (Å²) in [5.74, 6) is 0. The lowest BCUT2D eigenvalue weighted by Gasteiger charge is -2.07. The molecule has 0 amide bonds. The molecule has 0 aliphatic heterocycles. The maximum Gasteiger partial charge on any atom is 0.0728 e. The molecule has 0 radical (unpaired) electrons. The minimum Gasteiger partial charge on any atom is -0.375 e. The van der Waals surface area contributed by atoms with Crippen LogP contribution in [0.3, 0.4) is 0 Å². The molecule has 2 rings (SSSR count). The van der Waals surface area contributed by atoms with E-state index in [-0.39, 0.29) is 0 Å². The van der Waals surface area contributed by atoms with Crippen LogP contribution in [0.25, 0.3) is 0 Å². The second kappa shape index (κ2) is 8.04. The van der Waals surface area contributed by atoms with Gasteiger partial charge in [-0.15, -0.1) is 0 Å². The predicted molar refractivity (Wildman–Crippen MR) is 79.7 cm³/mol. The Labute approximate surface area is 122 Å². The number of aromatic nitrogens is 1. The van der Waals surface area contributed by atoms with Crippen molar-refractivity contribution in [3.63, 3.8) is 0 Å². The second-order valence-corrected chi connectivity index (χ2v) is 5.04. The lowest BCUT2D eigenvalue weighted by Crippen LogP contribution is -2.19. The molecule has 3 nitrogen and oxygen atoms in total. The number of benzene rings is 1. The van der Waals surface area contributed by atoms with Gasteiger partial charge in [-0.05, 0) is 23.3 Å². The summed E-state index contributed by atoms with van der Waals surface area (Å²) in [4.78, 5) is 4.07. The number of nitrogens with one attached hydrogen (secondary N) is 1. The van der Waals surface area contributed by atoms with E-state index in [0.29, 0.717) is 13.2 Å². The molecule has 0 saturated heterocycles. The molecule has 1 heterocycles. The maximum absolute atomic E-state index is 5.63. The lowest BCUT2D eigenvalue weighted by molar-refractivity contribution is 0.122. The van der Waals surface area contributed by atoms with Gasteiger partial charge >= 0.3 is 0 Å². The van der Waals surface area contributed by atoms with Gasteiger partial charge in [0.25, 0.3) is 0 Å². The fraction of sp³-hybridized carbons (Fsp3) is 0.267. The maximum atomic E-state index is 5.63. The molecule has 0 atom stereocenters. The van der Waals surface area contributed by atoms with Crippen LogP contribution in [0.4, 0.5) is 0 Å². The highest BCUT2D eigenvalue weighted by atomic mass is 79.9. The molecule has 1 N–H and O–H groups in total. The molecule has 0 spiro atoms. The Hall–Kier alpha value is -1.23. The van der Waals surface area contributed by atoms with Gasteiger partial charge in [0.1, 0.15) is 0 Å². The number of nitrogens with zero attached hydrogens (tertiary/aromatic N) is 1. The van der Waals surface area contributed by atoms with E-state index in [1.165, 1.54) is 11.1 Å². The van der Waals surface area contributed by atoms with Crippen molar-refractivity contribution in [3.05, 3.63) is 64.4 Å². The first-order valence-corrected chi connectivity index (χ1v) is 7.06. The Kier molecular flexibility index (Phi) is 6.01. The quantitative estimate of drug-likeness (QED) is 0.796. The third-order valence-corrected chi connectivity index (χ3v) is 3.46. The normalized spacial score (nSPS) is 10.6. The SMILES string of the molecule is Brc1ccccc1COCCNCc1cccnc1. The molecule has 100 valence electrons. The number of hydrogen-bond donors (Lipinski definition) is 1.